The molecule has 1 rings (SSSR count). The third kappa shape index (κ3) is 3.16. The lowest BCUT2D eigenvalue weighted by molar-refractivity contribution is -0.145. The van der Waals surface area contributed by atoms with E-state index in [0.29, 0.717) is 24.6 Å². The number of rotatable bonds is 4. The van der Waals surface area contributed by atoms with Crippen LogP contribution < -0.4 is 5.73 Å². The molecule has 2 N–H and O–H groups in total. The van der Waals surface area contributed by atoms with Crippen molar-refractivity contribution in [3.8, 4) is 0 Å². The van der Waals surface area contributed by atoms with Gasteiger partial charge < -0.3 is 15.3 Å². The molecule has 1 unspecified atom stereocenters. The van der Waals surface area contributed by atoms with Crippen LogP contribution in [0.25, 0.3) is 0 Å². The molecule has 1 heterocycles. The van der Waals surface area contributed by atoms with Crippen LogP contribution in [-0.4, -0.2) is 29.9 Å². The van der Waals surface area contributed by atoms with E-state index >= 15 is 0 Å². The summed E-state index contributed by atoms with van der Waals surface area (Å²) >= 11 is 5.60. The molecule has 2 atom stereocenters. The standard InChI is InChI=1S/C8H13ClN2O3/c1-2-13-8(12)6(10)3-5-4-7(9)11-14-5/h5-6H,2-4,10H2,1H3/t5?,6-/m0/s1. The Hall–Kier alpha value is -0.810. The number of oxime groups is 1. The van der Waals surface area contributed by atoms with Crippen LogP contribution in [-0.2, 0) is 14.4 Å². The van der Waals surface area contributed by atoms with E-state index in [1.165, 1.54) is 0 Å². The lowest BCUT2D eigenvalue weighted by Gasteiger charge is -2.13. The first-order valence-electron chi connectivity index (χ1n) is 4.44. The summed E-state index contributed by atoms with van der Waals surface area (Å²) in [5.74, 6) is -0.417. The number of halogens is 1. The van der Waals surface area contributed by atoms with Crippen molar-refractivity contribution >= 4 is 22.7 Å². The molecule has 6 heteroatoms. The van der Waals surface area contributed by atoms with Gasteiger partial charge in [0.15, 0.2) is 0 Å². The molecule has 0 amide bonds. The second kappa shape index (κ2) is 5.17. The summed E-state index contributed by atoms with van der Waals surface area (Å²) in [6.45, 7) is 2.06. The van der Waals surface area contributed by atoms with Gasteiger partial charge in [-0.3, -0.25) is 4.79 Å². The molecule has 0 aliphatic carbocycles. The zero-order chi connectivity index (χ0) is 10.6. The smallest absolute Gasteiger partial charge is 0.323 e. The molecule has 0 fully saturated rings. The summed E-state index contributed by atoms with van der Waals surface area (Å²) in [6, 6.07) is -0.669. The normalized spacial score (nSPS) is 22.5. The number of nitrogens with two attached hydrogens (primary N) is 1. The van der Waals surface area contributed by atoms with Gasteiger partial charge in [0.25, 0.3) is 0 Å². The maximum Gasteiger partial charge on any atom is 0.323 e. The average Bonchev–Trinajstić information content (AvgIpc) is 2.51. The van der Waals surface area contributed by atoms with Gasteiger partial charge in [-0.25, -0.2) is 0 Å². The zero-order valence-corrected chi connectivity index (χ0v) is 8.66. The van der Waals surface area contributed by atoms with Crippen molar-refractivity contribution in [1.29, 1.82) is 0 Å². The lowest BCUT2D eigenvalue weighted by atomic mass is 10.1. The van der Waals surface area contributed by atoms with Gasteiger partial charge in [0.05, 0.1) is 6.61 Å². The summed E-state index contributed by atoms with van der Waals surface area (Å²) in [7, 11) is 0. The summed E-state index contributed by atoms with van der Waals surface area (Å²) in [6.07, 6.45) is 0.676. The van der Waals surface area contributed by atoms with Crippen molar-refractivity contribution in [1.82, 2.24) is 0 Å². The minimum atomic E-state index is -0.669. The first kappa shape index (κ1) is 11.3. The fourth-order valence-corrected chi connectivity index (χ4v) is 1.36. The number of hydrogen-bond acceptors (Lipinski definition) is 5. The van der Waals surface area contributed by atoms with E-state index < -0.39 is 12.0 Å². The molecule has 80 valence electrons. The van der Waals surface area contributed by atoms with Gasteiger partial charge in [0, 0.05) is 12.8 Å². The summed E-state index contributed by atoms with van der Waals surface area (Å²) < 4.78 is 4.75. The molecule has 0 bridgehead atoms. The lowest BCUT2D eigenvalue weighted by Crippen LogP contribution is -2.35. The molecule has 0 saturated heterocycles. The predicted octanol–water partition coefficient (Wildman–Crippen LogP) is 0.608. The highest BCUT2D eigenvalue weighted by atomic mass is 35.5. The number of nitrogens with zero attached hydrogens (tertiary/aromatic N) is 1. The number of ether oxygens (including phenoxy) is 1. The number of hydrogen-bond donors (Lipinski definition) is 1. The summed E-state index contributed by atoms with van der Waals surface area (Å²) in [5, 5.41) is 3.96. The first-order valence-corrected chi connectivity index (χ1v) is 4.81. The van der Waals surface area contributed by atoms with Gasteiger partial charge in [-0.05, 0) is 6.92 Å². The van der Waals surface area contributed by atoms with E-state index in [1.807, 2.05) is 0 Å². The van der Waals surface area contributed by atoms with Crippen LogP contribution in [0.5, 0.6) is 0 Å². The minimum Gasteiger partial charge on any atom is -0.465 e. The molecule has 1 aliphatic rings. The van der Waals surface area contributed by atoms with Crippen molar-refractivity contribution in [2.24, 2.45) is 10.9 Å². The quantitative estimate of drug-likeness (QED) is 0.705. The van der Waals surface area contributed by atoms with E-state index in [1.54, 1.807) is 6.92 Å². The molecular weight excluding hydrogens is 208 g/mol. The number of carbonyl (C=O) groups excluding carboxylic acids is 1. The number of esters is 1. The Kier molecular flexibility index (Phi) is 4.16. The molecule has 5 nitrogen and oxygen atoms in total. The Labute approximate surface area is 87.2 Å². The van der Waals surface area contributed by atoms with Crippen molar-refractivity contribution < 1.29 is 14.4 Å². The molecule has 0 saturated carbocycles. The van der Waals surface area contributed by atoms with E-state index in [9.17, 15) is 4.79 Å². The maximum atomic E-state index is 11.1. The minimum absolute atomic E-state index is 0.207. The highest BCUT2D eigenvalue weighted by molar-refractivity contribution is 6.65. The Morgan fingerprint density at radius 1 is 1.93 bits per heavy atom. The Balaban J connectivity index is 2.27. The van der Waals surface area contributed by atoms with Gasteiger partial charge in [0.2, 0.25) is 0 Å². The van der Waals surface area contributed by atoms with Crippen LogP contribution in [0, 0.1) is 0 Å². The highest BCUT2D eigenvalue weighted by Crippen LogP contribution is 2.17. The second-order valence-electron chi connectivity index (χ2n) is 2.99. The first-order chi connectivity index (χ1) is 6.63. The van der Waals surface area contributed by atoms with Crippen LogP contribution in [0.3, 0.4) is 0 Å². The monoisotopic (exact) mass is 220 g/mol. The van der Waals surface area contributed by atoms with E-state index in [4.69, 9.17) is 26.9 Å². The third-order valence-electron chi connectivity index (χ3n) is 1.80. The zero-order valence-electron chi connectivity index (χ0n) is 7.90. The predicted molar refractivity (Wildman–Crippen MR) is 52.0 cm³/mol. The average molecular weight is 221 g/mol. The third-order valence-corrected chi connectivity index (χ3v) is 2.03. The van der Waals surface area contributed by atoms with Crippen LogP contribution in [0.1, 0.15) is 19.8 Å². The Morgan fingerprint density at radius 2 is 2.64 bits per heavy atom. The molecule has 0 aromatic carbocycles. The van der Waals surface area contributed by atoms with Crippen LogP contribution in [0.15, 0.2) is 5.16 Å². The summed E-state index contributed by atoms with van der Waals surface area (Å²) in [4.78, 5) is 16.1. The van der Waals surface area contributed by atoms with Crippen molar-refractivity contribution in [2.45, 2.75) is 31.9 Å². The SMILES string of the molecule is CCOC(=O)[C@@H](N)CC1CC(Cl)=NO1. The van der Waals surface area contributed by atoms with E-state index in [-0.39, 0.29) is 6.10 Å². The highest BCUT2D eigenvalue weighted by Gasteiger charge is 2.26. The van der Waals surface area contributed by atoms with E-state index in [2.05, 4.69) is 5.16 Å². The fourth-order valence-electron chi connectivity index (χ4n) is 1.15. The molecule has 1 aliphatic heterocycles. The number of carbonyl (C=O) groups is 1. The Bertz CT molecular complexity index is 245. The topological polar surface area (TPSA) is 73.9 Å². The van der Waals surface area contributed by atoms with Gasteiger partial charge in [-0.2, -0.15) is 0 Å². The molecule has 0 aromatic rings. The van der Waals surface area contributed by atoms with Crippen molar-refractivity contribution in [3.63, 3.8) is 0 Å². The second-order valence-corrected chi connectivity index (χ2v) is 3.43. The van der Waals surface area contributed by atoms with Crippen LogP contribution in [0.2, 0.25) is 0 Å². The van der Waals surface area contributed by atoms with Gasteiger partial charge in [-0.15, -0.1) is 0 Å². The summed E-state index contributed by atoms with van der Waals surface area (Å²) in [5.41, 5.74) is 5.58. The molecule has 0 radical (unpaired) electrons. The molecule has 14 heavy (non-hydrogen) atoms. The maximum absolute atomic E-state index is 11.1. The Morgan fingerprint density at radius 3 is 3.14 bits per heavy atom. The van der Waals surface area contributed by atoms with Crippen LogP contribution in [0.4, 0.5) is 0 Å². The van der Waals surface area contributed by atoms with Gasteiger partial charge in [-0.1, -0.05) is 16.8 Å². The largest absolute Gasteiger partial charge is 0.465 e. The van der Waals surface area contributed by atoms with Gasteiger partial charge in [0.1, 0.15) is 17.3 Å². The van der Waals surface area contributed by atoms with Crippen LogP contribution >= 0.6 is 11.6 Å². The van der Waals surface area contributed by atoms with Crippen molar-refractivity contribution in [2.75, 3.05) is 6.61 Å². The van der Waals surface area contributed by atoms with E-state index in [0.717, 1.165) is 0 Å². The van der Waals surface area contributed by atoms with Gasteiger partial charge >= 0.3 is 5.97 Å². The molecular formula is C8H13ClN2O3. The van der Waals surface area contributed by atoms with Crippen molar-refractivity contribution in [3.05, 3.63) is 0 Å². The molecule has 0 aromatic heterocycles. The molecule has 0 spiro atoms. The fraction of sp³-hybridized carbons (Fsp3) is 0.750.